The second-order valence-electron chi connectivity index (χ2n) is 4.98. The van der Waals surface area contributed by atoms with Gasteiger partial charge in [0, 0.05) is 0 Å². The minimum atomic E-state index is -1.06. The molecule has 1 N–H and O–H groups in total. The van der Waals surface area contributed by atoms with Crippen molar-refractivity contribution in [1.82, 2.24) is 0 Å². The molecule has 112 valence electrons. The fourth-order valence-corrected chi connectivity index (χ4v) is 3.08. The number of rotatable bonds is 3. The molecule has 4 nitrogen and oxygen atoms in total. The summed E-state index contributed by atoms with van der Waals surface area (Å²) in [5.74, 6) is -1.06. The first-order chi connectivity index (χ1) is 10.5. The summed E-state index contributed by atoms with van der Waals surface area (Å²) in [6.45, 7) is 2.02. The lowest BCUT2D eigenvalue weighted by atomic mass is 10.1. The molecule has 0 amide bonds. The van der Waals surface area contributed by atoms with E-state index in [1.807, 2.05) is 25.3 Å². The Kier molecular flexibility index (Phi) is 3.66. The van der Waals surface area contributed by atoms with Gasteiger partial charge in [-0.1, -0.05) is 6.92 Å². The molecule has 0 saturated heterocycles. The summed E-state index contributed by atoms with van der Waals surface area (Å²) in [5.41, 5.74) is 1.91. The fourth-order valence-electron chi connectivity index (χ4n) is 2.47. The van der Waals surface area contributed by atoms with Gasteiger partial charge in [0.1, 0.15) is 5.58 Å². The standard InChI is InChI=1S/C17H14O4S/c1-3-9-6-12-15(18)11-8-10(17(19)20)4-5-13(11)21-16(12)14(7-9)22-2/h4-8H,3H2,1-2H3,(H,19,20). The third-order valence-electron chi connectivity index (χ3n) is 3.67. The molecule has 0 fully saturated rings. The largest absolute Gasteiger partial charge is 0.478 e. The molecular formula is C17H14O4S. The molecule has 0 atom stereocenters. The molecule has 0 aliphatic heterocycles. The lowest BCUT2D eigenvalue weighted by Gasteiger charge is -2.08. The number of aryl methyl sites for hydroxylation is 1. The molecule has 0 unspecified atom stereocenters. The van der Waals surface area contributed by atoms with Crippen molar-refractivity contribution in [2.24, 2.45) is 0 Å². The third-order valence-corrected chi connectivity index (χ3v) is 4.41. The number of hydrogen-bond acceptors (Lipinski definition) is 4. The molecule has 3 aromatic rings. The topological polar surface area (TPSA) is 67.5 Å². The number of carboxylic acid groups (broad SMARTS) is 1. The normalized spacial score (nSPS) is 11.2. The van der Waals surface area contributed by atoms with E-state index < -0.39 is 5.97 Å². The zero-order chi connectivity index (χ0) is 15.9. The molecular weight excluding hydrogens is 300 g/mol. The van der Waals surface area contributed by atoms with Gasteiger partial charge in [0.25, 0.3) is 0 Å². The van der Waals surface area contributed by atoms with E-state index in [-0.39, 0.29) is 11.0 Å². The van der Waals surface area contributed by atoms with Gasteiger partial charge < -0.3 is 9.52 Å². The average Bonchev–Trinajstić information content (AvgIpc) is 2.54. The summed E-state index contributed by atoms with van der Waals surface area (Å²) >= 11 is 1.53. The second kappa shape index (κ2) is 5.50. The molecule has 22 heavy (non-hydrogen) atoms. The predicted molar refractivity (Wildman–Crippen MR) is 88.1 cm³/mol. The Bertz CT molecular complexity index is 956. The summed E-state index contributed by atoms with van der Waals surface area (Å²) in [6.07, 6.45) is 2.75. The monoisotopic (exact) mass is 314 g/mol. The summed E-state index contributed by atoms with van der Waals surface area (Å²) < 4.78 is 5.87. The van der Waals surface area contributed by atoms with Crippen LogP contribution in [-0.4, -0.2) is 17.3 Å². The molecule has 1 aromatic heterocycles. The number of carboxylic acids is 1. The van der Waals surface area contributed by atoms with Crippen molar-refractivity contribution in [3.63, 3.8) is 0 Å². The van der Waals surface area contributed by atoms with E-state index in [9.17, 15) is 9.59 Å². The van der Waals surface area contributed by atoms with E-state index in [1.54, 1.807) is 0 Å². The number of carbonyl (C=O) groups is 1. The van der Waals surface area contributed by atoms with Crippen LogP contribution in [-0.2, 0) is 6.42 Å². The summed E-state index contributed by atoms with van der Waals surface area (Å²) in [7, 11) is 0. The zero-order valence-electron chi connectivity index (χ0n) is 12.2. The molecule has 1 heterocycles. The molecule has 0 aliphatic rings. The average molecular weight is 314 g/mol. The molecule has 3 rings (SSSR count). The highest BCUT2D eigenvalue weighted by molar-refractivity contribution is 7.98. The van der Waals surface area contributed by atoms with Crippen molar-refractivity contribution in [3.8, 4) is 0 Å². The summed E-state index contributed by atoms with van der Waals surface area (Å²) in [5, 5.41) is 9.87. The number of hydrogen-bond donors (Lipinski definition) is 1. The van der Waals surface area contributed by atoms with Crippen molar-refractivity contribution in [2.45, 2.75) is 18.2 Å². The predicted octanol–water partition coefficient (Wildman–Crippen LogP) is 3.93. The van der Waals surface area contributed by atoms with Crippen molar-refractivity contribution in [2.75, 3.05) is 6.26 Å². The first-order valence-electron chi connectivity index (χ1n) is 6.86. The van der Waals surface area contributed by atoms with Crippen LogP contribution in [0.4, 0.5) is 0 Å². The van der Waals surface area contributed by atoms with Crippen LogP contribution in [0.2, 0.25) is 0 Å². The molecule has 2 aromatic carbocycles. The number of fused-ring (bicyclic) bond motifs is 2. The first kappa shape index (κ1) is 14.7. The van der Waals surface area contributed by atoms with Crippen LogP contribution in [0, 0.1) is 0 Å². The van der Waals surface area contributed by atoms with Crippen LogP contribution in [0.3, 0.4) is 0 Å². The minimum absolute atomic E-state index is 0.0795. The zero-order valence-corrected chi connectivity index (χ0v) is 13.0. The van der Waals surface area contributed by atoms with Crippen LogP contribution in [0.1, 0.15) is 22.8 Å². The highest BCUT2D eigenvalue weighted by Crippen LogP contribution is 2.29. The highest BCUT2D eigenvalue weighted by Gasteiger charge is 2.14. The van der Waals surface area contributed by atoms with Gasteiger partial charge in [-0.05, 0) is 48.6 Å². The van der Waals surface area contributed by atoms with Crippen LogP contribution >= 0.6 is 11.8 Å². The van der Waals surface area contributed by atoms with Crippen molar-refractivity contribution in [1.29, 1.82) is 0 Å². The highest BCUT2D eigenvalue weighted by atomic mass is 32.2. The van der Waals surface area contributed by atoms with Crippen LogP contribution in [0.25, 0.3) is 21.9 Å². The van der Waals surface area contributed by atoms with E-state index in [0.717, 1.165) is 16.9 Å². The Morgan fingerprint density at radius 3 is 2.64 bits per heavy atom. The van der Waals surface area contributed by atoms with E-state index in [1.165, 1.54) is 30.0 Å². The van der Waals surface area contributed by atoms with Gasteiger partial charge in [0.2, 0.25) is 5.43 Å². The van der Waals surface area contributed by atoms with Crippen molar-refractivity contribution in [3.05, 3.63) is 51.7 Å². The number of benzene rings is 2. The van der Waals surface area contributed by atoms with E-state index >= 15 is 0 Å². The lowest BCUT2D eigenvalue weighted by Crippen LogP contribution is -2.05. The van der Waals surface area contributed by atoms with E-state index in [2.05, 4.69) is 0 Å². The smallest absolute Gasteiger partial charge is 0.335 e. The Hall–Kier alpha value is -2.27. The molecule has 0 aliphatic carbocycles. The van der Waals surface area contributed by atoms with Gasteiger partial charge in [-0.25, -0.2) is 4.79 Å². The lowest BCUT2D eigenvalue weighted by molar-refractivity contribution is 0.0697. The van der Waals surface area contributed by atoms with Crippen LogP contribution in [0.15, 0.2) is 44.4 Å². The summed E-state index contributed by atoms with van der Waals surface area (Å²) in [4.78, 5) is 24.7. The molecule has 0 spiro atoms. The van der Waals surface area contributed by atoms with Crippen LogP contribution < -0.4 is 5.43 Å². The maximum Gasteiger partial charge on any atom is 0.335 e. The first-order valence-corrected chi connectivity index (χ1v) is 8.08. The Morgan fingerprint density at radius 1 is 1.23 bits per heavy atom. The molecule has 0 saturated carbocycles. The summed E-state index contributed by atoms with van der Waals surface area (Å²) in [6, 6.07) is 8.21. The van der Waals surface area contributed by atoms with Gasteiger partial charge in [-0.15, -0.1) is 11.8 Å². The van der Waals surface area contributed by atoms with E-state index in [0.29, 0.717) is 21.9 Å². The quantitative estimate of drug-likeness (QED) is 0.586. The molecule has 5 heteroatoms. The molecule has 0 bridgehead atoms. The molecule has 0 radical (unpaired) electrons. The van der Waals surface area contributed by atoms with Gasteiger partial charge in [0.05, 0.1) is 21.2 Å². The Morgan fingerprint density at radius 2 is 2.00 bits per heavy atom. The van der Waals surface area contributed by atoms with Gasteiger partial charge in [-0.3, -0.25) is 4.79 Å². The maximum absolute atomic E-state index is 12.7. The third kappa shape index (κ3) is 2.27. The minimum Gasteiger partial charge on any atom is -0.478 e. The number of aromatic carboxylic acids is 1. The van der Waals surface area contributed by atoms with Gasteiger partial charge in [-0.2, -0.15) is 0 Å². The maximum atomic E-state index is 12.7. The SMILES string of the molecule is CCc1cc(SC)c2oc3ccc(C(=O)O)cc3c(=O)c2c1. The Labute approximate surface area is 130 Å². The second-order valence-corrected chi connectivity index (χ2v) is 5.82. The van der Waals surface area contributed by atoms with Crippen molar-refractivity contribution < 1.29 is 14.3 Å². The van der Waals surface area contributed by atoms with E-state index in [4.69, 9.17) is 9.52 Å². The Balaban J connectivity index is 2.46. The van der Waals surface area contributed by atoms with Gasteiger partial charge >= 0.3 is 5.97 Å². The van der Waals surface area contributed by atoms with Crippen LogP contribution in [0.5, 0.6) is 0 Å². The fraction of sp³-hybridized carbons (Fsp3) is 0.176. The van der Waals surface area contributed by atoms with Crippen molar-refractivity contribution >= 4 is 39.7 Å². The number of thioether (sulfide) groups is 1. The van der Waals surface area contributed by atoms with Gasteiger partial charge in [0.15, 0.2) is 5.58 Å².